The quantitative estimate of drug-likeness (QED) is 0.489. The van der Waals surface area contributed by atoms with Crippen LogP contribution in [0, 0.1) is 0 Å². The molecule has 1 unspecified atom stereocenters. The second-order valence-electron chi connectivity index (χ2n) is 6.31. The fourth-order valence-corrected chi connectivity index (χ4v) is 4.52. The number of benzene rings is 1. The molecule has 0 saturated heterocycles. The summed E-state index contributed by atoms with van der Waals surface area (Å²) in [5.41, 5.74) is 9.92. The van der Waals surface area contributed by atoms with Gasteiger partial charge in [0.1, 0.15) is 0 Å². The summed E-state index contributed by atoms with van der Waals surface area (Å²) in [4.78, 5) is 0. The molecule has 3 aliphatic carbocycles. The van der Waals surface area contributed by atoms with E-state index < -0.39 is 0 Å². The van der Waals surface area contributed by atoms with Gasteiger partial charge >= 0.3 is 0 Å². The number of allylic oxidation sites excluding steroid dienone is 9. The molecule has 0 heteroatoms. The van der Waals surface area contributed by atoms with E-state index in [1.54, 1.807) is 0 Å². The van der Waals surface area contributed by atoms with Gasteiger partial charge < -0.3 is 0 Å². The van der Waals surface area contributed by atoms with Gasteiger partial charge in [0.2, 0.25) is 0 Å². The van der Waals surface area contributed by atoms with E-state index in [1.165, 1.54) is 33.4 Å². The lowest BCUT2D eigenvalue weighted by Crippen LogP contribution is -2.26. The summed E-state index contributed by atoms with van der Waals surface area (Å²) in [5, 5.41) is 0. The third-order valence-corrected chi connectivity index (χ3v) is 5.49. The van der Waals surface area contributed by atoms with Gasteiger partial charge in [-0.25, -0.2) is 0 Å². The zero-order chi connectivity index (χ0) is 19.5. The third kappa shape index (κ3) is 2.43. The Labute approximate surface area is 160 Å². The van der Waals surface area contributed by atoms with E-state index in [1.807, 2.05) is 33.8 Å². The Hall–Kier alpha value is -2.34. The van der Waals surface area contributed by atoms with E-state index >= 15 is 0 Å². The lowest BCUT2D eigenvalue weighted by Gasteiger charge is -2.32. The van der Waals surface area contributed by atoms with Crippen LogP contribution in [-0.4, -0.2) is 0 Å². The fraction of sp³-hybridized carbons (Fsp3) is 0.308. The Bertz CT molecular complexity index is 839. The summed E-state index contributed by atoms with van der Waals surface area (Å²) in [7, 11) is 0. The van der Waals surface area contributed by atoms with Crippen molar-refractivity contribution in [1.29, 1.82) is 0 Å². The van der Waals surface area contributed by atoms with Crippen LogP contribution in [0.15, 0.2) is 90.1 Å². The molecule has 0 nitrogen and oxygen atoms in total. The number of hydrogen-bond acceptors (Lipinski definition) is 0. The van der Waals surface area contributed by atoms with Gasteiger partial charge in [0, 0.05) is 0 Å². The Morgan fingerprint density at radius 3 is 2.23 bits per heavy atom. The van der Waals surface area contributed by atoms with Crippen LogP contribution >= 0.6 is 0 Å². The van der Waals surface area contributed by atoms with Crippen LogP contribution in [0.5, 0.6) is 0 Å². The average molecular weight is 345 g/mol. The van der Waals surface area contributed by atoms with E-state index in [-0.39, 0.29) is 5.41 Å². The topological polar surface area (TPSA) is 0 Å². The molecule has 1 aromatic carbocycles. The monoisotopic (exact) mass is 344 g/mol. The molecular formula is C26H32. The minimum atomic E-state index is -0.219. The highest BCUT2D eigenvalue weighted by molar-refractivity contribution is 5.95. The predicted octanol–water partition coefficient (Wildman–Crippen LogP) is 7.72. The van der Waals surface area contributed by atoms with Gasteiger partial charge in [0.05, 0.1) is 5.41 Å². The lowest BCUT2D eigenvalue weighted by atomic mass is 9.69. The van der Waals surface area contributed by atoms with Crippen molar-refractivity contribution in [3.8, 4) is 0 Å². The predicted molar refractivity (Wildman–Crippen MR) is 117 cm³/mol. The smallest absolute Gasteiger partial charge is 0.0676 e. The number of rotatable bonds is 1. The minimum Gasteiger partial charge on any atom is -0.0984 e. The Balaban J connectivity index is 0.000000570. The molecule has 136 valence electrons. The highest BCUT2D eigenvalue weighted by Gasteiger charge is 2.53. The van der Waals surface area contributed by atoms with Gasteiger partial charge in [-0.05, 0) is 64.3 Å². The average Bonchev–Trinajstić information content (AvgIpc) is 3.10. The SMILES string of the molecule is C=CC1=C(C)C2(C(=C)C(=C)c3ccccc32)C2=CCCC=C21.CC.CC. The van der Waals surface area contributed by atoms with Crippen LogP contribution in [0.25, 0.3) is 5.57 Å². The van der Waals surface area contributed by atoms with Crippen molar-refractivity contribution in [1.82, 2.24) is 0 Å². The molecule has 26 heavy (non-hydrogen) atoms. The first kappa shape index (κ1) is 20.0. The van der Waals surface area contributed by atoms with Gasteiger partial charge in [-0.2, -0.15) is 0 Å². The molecular weight excluding hydrogens is 312 g/mol. The van der Waals surface area contributed by atoms with Crippen LogP contribution < -0.4 is 0 Å². The zero-order valence-electron chi connectivity index (χ0n) is 17.1. The van der Waals surface area contributed by atoms with Gasteiger partial charge in [0.15, 0.2) is 0 Å². The molecule has 1 spiro atoms. The van der Waals surface area contributed by atoms with Gasteiger partial charge in [-0.1, -0.05) is 89.9 Å². The number of hydrogen-bond donors (Lipinski definition) is 0. The van der Waals surface area contributed by atoms with Gasteiger partial charge in [-0.15, -0.1) is 0 Å². The summed E-state index contributed by atoms with van der Waals surface area (Å²) < 4.78 is 0. The summed E-state index contributed by atoms with van der Waals surface area (Å²) in [6.07, 6.45) is 8.97. The molecule has 0 saturated carbocycles. The van der Waals surface area contributed by atoms with Crippen molar-refractivity contribution in [2.45, 2.75) is 52.9 Å². The van der Waals surface area contributed by atoms with Crippen LogP contribution in [0.1, 0.15) is 58.6 Å². The van der Waals surface area contributed by atoms with Crippen molar-refractivity contribution < 1.29 is 0 Å². The fourth-order valence-electron chi connectivity index (χ4n) is 4.52. The Kier molecular flexibility index (Phi) is 6.08. The molecule has 4 rings (SSSR count). The second kappa shape index (κ2) is 7.91. The molecule has 0 aromatic heterocycles. The molecule has 0 N–H and O–H groups in total. The van der Waals surface area contributed by atoms with Crippen molar-refractivity contribution in [3.63, 3.8) is 0 Å². The molecule has 0 radical (unpaired) electrons. The highest BCUT2D eigenvalue weighted by Crippen LogP contribution is 2.63. The standard InChI is InChI=1S/C22H20.2C2H6/c1-5-17-16(4)22(21-13-9-7-11-19(17)21)15(3)14(2)18-10-6-8-12-20(18)22;2*1-2/h5-6,8,10-13H,1-3,7,9H2,4H3;2*1-2H3. The third-order valence-electron chi connectivity index (χ3n) is 5.49. The van der Waals surface area contributed by atoms with Crippen molar-refractivity contribution in [2.75, 3.05) is 0 Å². The minimum absolute atomic E-state index is 0.219. The van der Waals surface area contributed by atoms with Crippen molar-refractivity contribution in [2.24, 2.45) is 0 Å². The summed E-state index contributed by atoms with van der Waals surface area (Å²) in [6.45, 7) is 23.1. The molecule has 1 aromatic rings. The maximum absolute atomic E-state index is 4.46. The molecule has 3 aliphatic rings. The van der Waals surface area contributed by atoms with E-state index in [2.05, 4.69) is 63.1 Å². The van der Waals surface area contributed by atoms with E-state index in [0.717, 1.165) is 24.0 Å². The first-order valence-electron chi connectivity index (χ1n) is 9.88. The zero-order valence-corrected chi connectivity index (χ0v) is 17.1. The Morgan fingerprint density at radius 1 is 0.962 bits per heavy atom. The van der Waals surface area contributed by atoms with E-state index in [4.69, 9.17) is 0 Å². The largest absolute Gasteiger partial charge is 0.0984 e. The maximum Gasteiger partial charge on any atom is 0.0676 e. The van der Waals surface area contributed by atoms with Crippen LogP contribution in [0.4, 0.5) is 0 Å². The van der Waals surface area contributed by atoms with Crippen LogP contribution in [-0.2, 0) is 5.41 Å². The maximum atomic E-state index is 4.46. The van der Waals surface area contributed by atoms with Gasteiger partial charge in [0.25, 0.3) is 0 Å². The molecule has 0 bridgehead atoms. The molecule has 0 fully saturated rings. The first-order valence-corrected chi connectivity index (χ1v) is 9.88. The van der Waals surface area contributed by atoms with Gasteiger partial charge in [-0.3, -0.25) is 0 Å². The summed E-state index contributed by atoms with van der Waals surface area (Å²) in [6, 6.07) is 8.62. The Morgan fingerprint density at radius 2 is 1.58 bits per heavy atom. The lowest BCUT2D eigenvalue weighted by molar-refractivity contribution is 0.753. The highest BCUT2D eigenvalue weighted by atomic mass is 14.5. The van der Waals surface area contributed by atoms with E-state index in [0.29, 0.717) is 0 Å². The molecule has 0 amide bonds. The summed E-state index contributed by atoms with van der Waals surface area (Å²) in [5.74, 6) is 0. The van der Waals surface area contributed by atoms with Crippen LogP contribution in [0.3, 0.4) is 0 Å². The molecule has 1 atom stereocenters. The summed E-state index contributed by atoms with van der Waals surface area (Å²) >= 11 is 0. The van der Waals surface area contributed by atoms with Crippen molar-refractivity contribution >= 4 is 5.57 Å². The number of fused-ring (bicyclic) bond motifs is 4. The normalized spacial score (nSPS) is 22.5. The van der Waals surface area contributed by atoms with Crippen LogP contribution in [0.2, 0.25) is 0 Å². The van der Waals surface area contributed by atoms with Crippen molar-refractivity contribution in [3.05, 3.63) is 101 Å². The van der Waals surface area contributed by atoms with E-state index in [9.17, 15) is 0 Å². The first-order chi connectivity index (χ1) is 12.6. The molecule has 0 heterocycles. The molecule has 0 aliphatic heterocycles. The second-order valence-corrected chi connectivity index (χ2v) is 6.31.